The van der Waals surface area contributed by atoms with Crippen molar-refractivity contribution in [1.29, 1.82) is 0 Å². The molecule has 1 unspecified atom stereocenters. The lowest BCUT2D eigenvalue weighted by molar-refractivity contribution is 0.465. The highest BCUT2D eigenvalue weighted by Gasteiger charge is 1.90. The van der Waals surface area contributed by atoms with Gasteiger partial charge in [0.25, 0.3) is 0 Å². The minimum atomic E-state index is -0.517. The molecule has 48 valence electrons. The van der Waals surface area contributed by atoms with E-state index in [1.807, 2.05) is 0 Å². The molecule has 0 aromatic carbocycles. The quantitative estimate of drug-likeness (QED) is 0.504. The Labute approximate surface area is 48.4 Å². The Bertz CT molecular complexity index is 72.8. The third-order valence-corrected chi connectivity index (χ3v) is 0.698. The van der Waals surface area contributed by atoms with Gasteiger partial charge in [0.15, 0.2) is 0 Å². The van der Waals surface area contributed by atoms with Crippen molar-refractivity contribution < 1.29 is 4.39 Å². The summed E-state index contributed by atoms with van der Waals surface area (Å²) in [6.07, 6.45) is 3.20. The van der Waals surface area contributed by atoms with Gasteiger partial charge in [-0.25, -0.2) is 4.39 Å². The first kappa shape index (κ1) is 7.59. The van der Waals surface area contributed by atoms with E-state index < -0.39 is 12.7 Å². The summed E-state index contributed by atoms with van der Waals surface area (Å²) in [4.78, 5) is 0. The van der Waals surface area contributed by atoms with Gasteiger partial charge in [-0.3, -0.25) is 0 Å². The lowest BCUT2D eigenvalue weighted by atomic mass is 10.3. The molecule has 0 saturated carbocycles. The highest BCUT2D eigenvalue weighted by Crippen LogP contribution is 1.80. The summed E-state index contributed by atoms with van der Waals surface area (Å²) in [5, 5.41) is 0. The van der Waals surface area contributed by atoms with Crippen molar-refractivity contribution in [1.82, 2.24) is 0 Å². The van der Waals surface area contributed by atoms with Crippen LogP contribution in [-0.4, -0.2) is 19.3 Å². The van der Waals surface area contributed by atoms with Crippen LogP contribution in [0.2, 0.25) is 0 Å². The number of alkyl halides is 1. The topological polar surface area (TPSA) is 52.0 Å². The molecule has 0 radical (unpaired) electrons. The van der Waals surface area contributed by atoms with Crippen molar-refractivity contribution in [2.75, 3.05) is 13.2 Å². The minimum absolute atomic E-state index is 0.424. The average molecular weight is 118 g/mol. The molecule has 0 aliphatic heterocycles. The van der Waals surface area contributed by atoms with Crippen LogP contribution in [0.5, 0.6) is 0 Å². The van der Waals surface area contributed by atoms with Gasteiger partial charge in [0.1, 0.15) is 6.67 Å². The molecular formula is C5H11FN2. The van der Waals surface area contributed by atoms with Crippen molar-refractivity contribution >= 4 is 0 Å². The van der Waals surface area contributed by atoms with Crippen LogP contribution in [0.4, 0.5) is 4.39 Å². The fraction of sp³-hybridized carbons (Fsp3) is 0.600. The molecule has 0 fully saturated rings. The molecule has 0 aromatic rings. The zero-order valence-corrected chi connectivity index (χ0v) is 4.68. The molecule has 0 aromatic heterocycles. The maximum absolute atomic E-state index is 11.5. The van der Waals surface area contributed by atoms with Crippen molar-refractivity contribution in [2.45, 2.75) is 6.04 Å². The largest absolute Gasteiger partial charge is 0.327 e. The van der Waals surface area contributed by atoms with E-state index in [1.54, 1.807) is 12.2 Å². The summed E-state index contributed by atoms with van der Waals surface area (Å²) in [6.45, 7) is -0.0931. The maximum Gasteiger partial charge on any atom is 0.108 e. The Morgan fingerprint density at radius 3 is 2.62 bits per heavy atom. The Balaban J connectivity index is 3.21. The second-order valence-corrected chi connectivity index (χ2v) is 1.48. The molecule has 1 atom stereocenters. The zero-order chi connectivity index (χ0) is 6.41. The predicted molar refractivity (Wildman–Crippen MR) is 32.1 cm³/mol. The van der Waals surface area contributed by atoms with Gasteiger partial charge in [-0.2, -0.15) is 0 Å². The van der Waals surface area contributed by atoms with Crippen molar-refractivity contribution in [3.63, 3.8) is 0 Å². The lowest BCUT2D eigenvalue weighted by Gasteiger charge is -1.94. The summed E-state index contributed by atoms with van der Waals surface area (Å²) in [6, 6.07) is -0.474. The molecule has 0 aliphatic rings. The average Bonchev–Trinajstić information content (AvgIpc) is 1.83. The van der Waals surface area contributed by atoms with Crippen molar-refractivity contribution in [3.05, 3.63) is 12.2 Å². The van der Waals surface area contributed by atoms with E-state index in [0.29, 0.717) is 6.54 Å². The highest BCUT2D eigenvalue weighted by atomic mass is 19.1. The monoisotopic (exact) mass is 118 g/mol. The van der Waals surface area contributed by atoms with Crippen LogP contribution in [0.1, 0.15) is 0 Å². The van der Waals surface area contributed by atoms with Gasteiger partial charge >= 0.3 is 0 Å². The SMILES string of the molecule is NCC=CC(N)CF. The van der Waals surface area contributed by atoms with Gasteiger partial charge in [0, 0.05) is 6.54 Å². The van der Waals surface area contributed by atoms with E-state index in [9.17, 15) is 4.39 Å². The summed E-state index contributed by atoms with van der Waals surface area (Å²) in [5.41, 5.74) is 10.2. The number of nitrogens with two attached hydrogens (primary N) is 2. The maximum atomic E-state index is 11.5. The van der Waals surface area contributed by atoms with Gasteiger partial charge in [-0.15, -0.1) is 0 Å². The molecule has 0 spiro atoms. The molecule has 0 heterocycles. The van der Waals surface area contributed by atoms with Crippen LogP contribution in [0.25, 0.3) is 0 Å². The van der Waals surface area contributed by atoms with E-state index in [4.69, 9.17) is 11.5 Å². The molecule has 0 saturated heterocycles. The molecule has 0 aliphatic carbocycles. The molecule has 8 heavy (non-hydrogen) atoms. The fourth-order valence-electron chi connectivity index (χ4n) is 0.305. The lowest BCUT2D eigenvalue weighted by Crippen LogP contribution is -2.19. The van der Waals surface area contributed by atoms with Crippen molar-refractivity contribution in [3.8, 4) is 0 Å². The number of hydrogen-bond acceptors (Lipinski definition) is 2. The summed E-state index contributed by atoms with van der Waals surface area (Å²) in [7, 11) is 0. The molecule has 0 amide bonds. The van der Waals surface area contributed by atoms with Crippen LogP contribution < -0.4 is 11.5 Å². The Morgan fingerprint density at radius 1 is 1.62 bits per heavy atom. The first-order valence-electron chi connectivity index (χ1n) is 2.49. The first-order valence-corrected chi connectivity index (χ1v) is 2.49. The van der Waals surface area contributed by atoms with Crippen LogP contribution in [0.15, 0.2) is 12.2 Å². The highest BCUT2D eigenvalue weighted by molar-refractivity contribution is 4.91. The van der Waals surface area contributed by atoms with Gasteiger partial charge in [-0.1, -0.05) is 12.2 Å². The first-order chi connectivity index (χ1) is 3.81. The molecule has 4 N–H and O–H groups in total. The second-order valence-electron chi connectivity index (χ2n) is 1.48. The molecule has 0 rings (SSSR count). The number of hydrogen-bond donors (Lipinski definition) is 2. The van der Waals surface area contributed by atoms with E-state index >= 15 is 0 Å². The summed E-state index contributed by atoms with van der Waals surface area (Å²) in [5.74, 6) is 0. The van der Waals surface area contributed by atoms with Gasteiger partial charge in [0.05, 0.1) is 6.04 Å². The molecular weight excluding hydrogens is 107 g/mol. The number of halogens is 1. The standard InChI is InChI=1S/C5H11FN2/c6-4-5(8)2-1-3-7/h1-2,5H,3-4,7-8H2. The zero-order valence-electron chi connectivity index (χ0n) is 4.68. The second kappa shape index (κ2) is 4.74. The van der Waals surface area contributed by atoms with Gasteiger partial charge in [-0.05, 0) is 0 Å². The summed E-state index contributed by atoms with van der Waals surface area (Å²) < 4.78 is 11.5. The smallest absolute Gasteiger partial charge is 0.108 e. The minimum Gasteiger partial charge on any atom is -0.327 e. The van der Waals surface area contributed by atoms with Gasteiger partial charge in [0.2, 0.25) is 0 Å². The van der Waals surface area contributed by atoms with E-state index in [2.05, 4.69) is 0 Å². The normalized spacial score (nSPS) is 14.9. The summed E-state index contributed by atoms with van der Waals surface area (Å²) >= 11 is 0. The number of rotatable bonds is 3. The van der Waals surface area contributed by atoms with Crippen molar-refractivity contribution in [2.24, 2.45) is 11.5 Å². The Hall–Kier alpha value is -0.410. The predicted octanol–water partition coefficient (Wildman–Crippen LogP) is -0.202. The van der Waals surface area contributed by atoms with Crippen LogP contribution in [0.3, 0.4) is 0 Å². The van der Waals surface area contributed by atoms with E-state index in [1.165, 1.54) is 0 Å². The van der Waals surface area contributed by atoms with Crippen LogP contribution >= 0.6 is 0 Å². The molecule has 2 nitrogen and oxygen atoms in total. The Morgan fingerprint density at radius 2 is 2.25 bits per heavy atom. The molecule has 0 bridgehead atoms. The Kier molecular flexibility index (Phi) is 4.50. The van der Waals surface area contributed by atoms with Crippen LogP contribution in [0, 0.1) is 0 Å². The fourth-order valence-corrected chi connectivity index (χ4v) is 0.305. The third kappa shape index (κ3) is 3.77. The van der Waals surface area contributed by atoms with Crippen LogP contribution in [-0.2, 0) is 0 Å². The van der Waals surface area contributed by atoms with E-state index in [0.717, 1.165) is 0 Å². The van der Waals surface area contributed by atoms with Gasteiger partial charge < -0.3 is 11.5 Å². The molecule has 3 heteroatoms. The van der Waals surface area contributed by atoms with E-state index in [-0.39, 0.29) is 0 Å². The third-order valence-electron chi connectivity index (χ3n) is 0.698.